The summed E-state index contributed by atoms with van der Waals surface area (Å²) in [7, 11) is 0. The van der Waals surface area contributed by atoms with Gasteiger partial charge < -0.3 is 5.11 Å². The largest absolute Gasteiger partial charge is 0.505 e. The Morgan fingerprint density at radius 2 is 1.68 bits per heavy atom. The number of benzene rings is 2. The van der Waals surface area contributed by atoms with Crippen molar-refractivity contribution < 1.29 is 14.7 Å². The van der Waals surface area contributed by atoms with Gasteiger partial charge in [0.1, 0.15) is 5.57 Å². The number of hydrogen-bond donors (Lipinski definition) is 2. The van der Waals surface area contributed by atoms with Gasteiger partial charge in [0.25, 0.3) is 11.8 Å². The highest BCUT2D eigenvalue weighted by Crippen LogP contribution is 2.34. The van der Waals surface area contributed by atoms with Crippen LogP contribution in [0.5, 0.6) is 5.75 Å². The van der Waals surface area contributed by atoms with Gasteiger partial charge in [-0.1, -0.05) is 49.2 Å². The lowest BCUT2D eigenvalue weighted by Crippen LogP contribution is -2.54. The lowest BCUT2D eigenvalue weighted by atomic mass is 10.0. The molecule has 0 aliphatic carbocycles. The van der Waals surface area contributed by atoms with Crippen LogP contribution in [-0.2, 0) is 9.59 Å². The minimum Gasteiger partial charge on any atom is -0.505 e. The SMILES string of the molecule is CC(C)c1ccc(N2C(=O)/C(=C/c3cc(Cl)c(O)c(Cl)c3)C(=O)NC2=S)cc1. The molecule has 2 N–H and O–H groups in total. The maximum Gasteiger partial charge on any atom is 0.270 e. The minimum atomic E-state index is -0.620. The molecule has 1 aliphatic heterocycles. The molecule has 0 atom stereocenters. The van der Waals surface area contributed by atoms with Crippen molar-refractivity contribution in [3.8, 4) is 5.75 Å². The van der Waals surface area contributed by atoms with Crippen LogP contribution in [-0.4, -0.2) is 22.0 Å². The summed E-state index contributed by atoms with van der Waals surface area (Å²) in [4.78, 5) is 26.6. The second-order valence-electron chi connectivity index (χ2n) is 6.54. The smallest absolute Gasteiger partial charge is 0.270 e. The lowest BCUT2D eigenvalue weighted by Gasteiger charge is -2.29. The van der Waals surface area contributed by atoms with E-state index < -0.39 is 11.8 Å². The number of phenolic OH excluding ortho intramolecular Hbond substituents is 1. The Balaban J connectivity index is 2.00. The van der Waals surface area contributed by atoms with E-state index in [2.05, 4.69) is 19.2 Å². The zero-order valence-corrected chi connectivity index (χ0v) is 17.3. The summed E-state index contributed by atoms with van der Waals surface area (Å²) >= 11 is 17.0. The second kappa shape index (κ2) is 7.91. The highest BCUT2D eigenvalue weighted by atomic mass is 35.5. The highest BCUT2D eigenvalue weighted by Gasteiger charge is 2.34. The molecule has 0 aromatic heterocycles. The Hall–Kier alpha value is -2.41. The van der Waals surface area contributed by atoms with E-state index in [9.17, 15) is 14.7 Å². The van der Waals surface area contributed by atoms with Crippen molar-refractivity contribution in [1.29, 1.82) is 0 Å². The van der Waals surface area contributed by atoms with Gasteiger partial charge in [-0.05, 0) is 59.6 Å². The topological polar surface area (TPSA) is 69.6 Å². The first-order valence-corrected chi connectivity index (χ1v) is 9.55. The summed E-state index contributed by atoms with van der Waals surface area (Å²) in [6.07, 6.45) is 1.35. The van der Waals surface area contributed by atoms with E-state index >= 15 is 0 Å². The molecule has 0 radical (unpaired) electrons. The van der Waals surface area contributed by atoms with Crippen LogP contribution >= 0.6 is 35.4 Å². The highest BCUT2D eigenvalue weighted by molar-refractivity contribution is 7.80. The van der Waals surface area contributed by atoms with Gasteiger partial charge in [0.2, 0.25) is 0 Å². The molecule has 1 aliphatic rings. The monoisotopic (exact) mass is 434 g/mol. The zero-order chi connectivity index (χ0) is 20.6. The summed E-state index contributed by atoms with van der Waals surface area (Å²) in [5.41, 5.74) is 1.94. The molecular formula is C20H16Cl2N2O3S. The fourth-order valence-electron chi connectivity index (χ4n) is 2.74. The summed E-state index contributed by atoms with van der Waals surface area (Å²) in [6.45, 7) is 4.14. The van der Waals surface area contributed by atoms with Crippen LogP contribution < -0.4 is 10.2 Å². The summed E-state index contributed by atoms with van der Waals surface area (Å²) in [5.74, 6) is -1.10. The zero-order valence-electron chi connectivity index (χ0n) is 15.0. The van der Waals surface area contributed by atoms with Crippen molar-refractivity contribution in [1.82, 2.24) is 5.32 Å². The predicted octanol–water partition coefficient (Wildman–Crippen LogP) is 4.65. The van der Waals surface area contributed by atoms with Crippen LogP contribution in [0.15, 0.2) is 42.0 Å². The van der Waals surface area contributed by atoms with E-state index in [0.717, 1.165) is 5.56 Å². The van der Waals surface area contributed by atoms with E-state index in [0.29, 0.717) is 17.2 Å². The van der Waals surface area contributed by atoms with Crippen molar-refractivity contribution >= 4 is 64.1 Å². The van der Waals surface area contributed by atoms with Crippen LogP contribution in [0.2, 0.25) is 10.0 Å². The quantitative estimate of drug-likeness (QED) is 0.418. The second-order valence-corrected chi connectivity index (χ2v) is 7.74. The van der Waals surface area contributed by atoms with Crippen molar-refractivity contribution in [3.63, 3.8) is 0 Å². The summed E-state index contributed by atoms with van der Waals surface area (Å²) in [5, 5.41) is 12.2. The number of amides is 2. The molecule has 28 heavy (non-hydrogen) atoms. The normalized spacial score (nSPS) is 16.1. The van der Waals surface area contributed by atoms with E-state index in [4.69, 9.17) is 35.4 Å². The van der Waals surface area contributed by atoms with Gasteiger partial charge in [-0.2, -0.15) is 0 Å². The first kappa shape index (κ1) is 20.3. The Bertz CT molecular complexity index is 994. The van der Waals surface area contributed by atoms with Crippen LogP contribution in [0, 0.1) is 0 Å². The third kappa shape index (κ3) is 3.90. The van der Waals surface area contributed by atoms with Gasteiger partial charge >= 0.3 is 0 Å². The Kier molecular flexibility index (Phi) is 5.74. The number of hydrogen-bond acceptors (Lipinski definition) is 4. The molecule has 0 bridgehead atoms. The van der Waals surface area contributed by atoms with Crippen molar-refractivity contribution in [2.75, 3.05) is 4.90 Å². The number of carbonyl (C=O) groups excluding carboxylic acids is 2. The number of phenols is 1. The van der Waals surface area contributed by atoms with Gasteiger partial charge in [0, 0.05) is 0 Å². The lowest BCUT2D eigenvalue weighted by molar-refractivity contribution is -0.122. The fourth-order valence-corrected chi connectivity index (χ4v) is 3.52. The van der Waals surface area contributed by atoms with Crippen LogP contribution in [0.25, 0.3) is 6.08 Å². The molecule has 3 rings (SSSR count). The number of rotatable bonds is 3. The van der Waals surface area contributed by atoms with E-state index in [1.165, 1.54) is 23.1 Å². The van der Waals surface area contributed by atoms with Gasteiger partial charge in [-0.15, -0.1) is 0 Å². The summed E-state index contributed by atoms with van der Waals surface area (Å²) < 4.78 is 0. The van der Waals surface area contributed by atoms with E-state index in [1.54, 1.807) is 12.1 Å². The number of thiocarbonyl (C=S) groups is 1. The predicted molar refractivity (Wildman–Crippen MR) is 115 cm³/mol. The maximum atomic E-state index is 13.0. The summed E-state index contributed by atoms with van der Waals surface area (Å²) in [6, 6.07) is 10.2. The van der Waals surface area contributed by atoms with Crippen molar-refractivity contribution in [2.24, 2.45) is 0 Å². The molecular weight excluding hydrogens is 419 g/mol. The minimum absolute atomic E-state index is 0.00576. The molecule has 5 nitrogen and oxygen atoms in total. The standard InChI is InChI=1S/C20H16Cl2N2O3S/c1-10(2)12-3-5-13(6-4-12)24-19(27)14(18(26)23-20(24)28)7-11-8-15(21)17(25)16(22)9-11/h3-10,25H,1-2H3,(H,23,26,28)/b14-7+. The number of carbonyl (C=O) groups is 2. The number of nitrogens with zero attached hydrogens (tertiary/aromatic N) is 1. The average Bonchev–Trinajstić information content (AvgIpc) is 2.63. The van der Waals surface area contributed by atoms with Crippen LogP contribution in [0.3, 0.4) is 0 Å². The molecule has 1 fully saturated rings. The fraction of sp³-hybridized carbons (Fsp3) is 0.150. The van der Waals surface area contributed by atoms with Crippen LogP contribution in [0.1, 0.15) is 30.9 Å². The molecule has 2 amide bonds. The molecule has 8 heteroatoms. The molecule has 1 heterocycles. The Morgan fingerprint density at radius 3 is 2.21 bits per heavy atom. The first-order chi connectivity index (χ1) is 13.2. The first-order valence-electron chi connectivity index (χ1n) is 8.38. The number of halogens is 2. The van der Waals surface area contributed by atoms with Gasteiger partial charge in [-0.25, -0.2) is 0 Å². The molecule has 2 aromatic carbocycles. The molecule has 2 aromatic rings. The van der Waals surface area contributed by atoms with E-state index in [1.807, 2.05) is 12.1 Å². The van der Waals surface area contributed by atoms with Gasteiger partial charge in [0.05, 0.1) is 15.7 Å². The van der Waals surface area contributed by atoms with Crippen LogP contribution in [0.4, 0.5) is 5.69 Å². The number of anilines is 1. The molecule has 0 unspecified atom stereocenters. The molecule has 0 saturated carbocycles. The van der Waals surface area contributed by atoms with Gasteiger partial charge in [-0.3, -0.25) is 19.8 Å². The Morgan fingerprint density at radius 1 is 1.11 bits per heavy atom. The van der Waals surface area contributed by atoms with E-state index in [-0.39, 0.29) is 26.5 Å². The third-order valence-corrected chi connectivity index (χ3v) is 5.13. The van der Waals surface area contributed by atoms with Crippen molar-refractivity contribution in [3.05, 3.63) is 63.1 Å². The number of aromatic hydroxyl groups is 1. The maximum absolute atomic E-state index is 13.0. The molecule has 144 valence electrons. The molecule has 0 spiro atoms. The average molecular weight is 435 g/mol. The Labute approximate surface area is 177 Å². The number of nitrogens with one attached hydrogen (secondary N) is 1. The molecule has 1 saturated heterocycles. The third-order valence-electron chi connectivity index (χ3n) is 4.27. The van der Waals surface area contributed by atoms with Crippen molar-refractivity contribution in [2.45, 2.75) is 19.8 Å². The van der Waals surface area contributed by atoms with Gasteiger partial charge in [0.15, 0.2) is 10.9 Å².